The van der Waals surface area contributed by atoms with Gasteiger partial charge in [0, 0.05) is 37.1 Å². The number of carbonyl (C=O) groups is 1. The van der Waals surface area contributed by atoms with E-state index >= 15 is 0 Å². The van der Waals surface area contributed by atoms with Crippen LogP contribution in [-0.4, -0.2) is 44.7 Å². The van der Waals surface area contributed by atoms with Gasteiger partial charge in [0.05, 0.1) is 16.3 Å². The minimum Gasteiger partial charge on any atom is -0.489 e. The van der Waals surface area contributed by atoms with Gasteiger partial charge in [0.15, 0.2) is 0 Å². The molecule has 1 aromatic heterocycles. The first-order chi connectivity index (χ1) is 19.5. The molecule has 6 nitrogen and oxygen atoms in total. The standard InChI is InChI=1S/C31H28FN3O3S2/c1-2-37-18-6-17-34-30(36)28(40-31(34)39)19-24-20-35(26-7-4-3-5-8-26)33-29(24)23-11-15-27(16-12-23)38-21-22-9-13-25(32)14-10-22/h3-5,7-16,19-20H,2,6,17-18,21H2,1H3/b28-19-. The van der Waals surface area contributed by atoms with Crippen LogP contribution in [0.2, 0.25) is 0 Å². The number of carbonyl (C=O) groups excluding carboxylic acids is 1. The number of nitrogens with zero attached hydrogens (tertiary/aromatic N) is 3. The van der Waals surface area contributed by atoms with Gasteiger partial charge >= 0.3 is 0 Å². The predicted octanol–water partition coefficient (Wildman–Crippen LogP) is 6.89. The Kier molecular flexibility index (Phi) is 9.05. The zero-order chi connectivity index (χ0) is 27.9. The quantitative estimate of drug-likeness (QED) is 0.111. The Morgan fingerprint density at radius 1 is 1.02 bits per heavy atom. The number of amides is 1. The summed E-state index contributed by atoms with van der Waals surface area (Å²) in [5.41, 5.74) is 4.20. The summed E-state index contributed by atoms with van der Waals surface area (Å²) in [6.07, 6.45) is 4.51. The van der Waals surface area contributed by atoms with Crippen molar-refractivity contribution < 1.29 is 18.7 Å². The van der Waals surface area contributed by atoms with Crippen molar-refractivity contribution in [1.29, 1.82) is 0 Å². The van der Waals surface area contributed by atoms with E-state index in [2.05, 4.69) is 0 Å². The molecule has 0 spiro atoms. The monoisotopic (exact) mass is 573 g/mol. The maximum absolute atomic E-state index is 13.2. The molecule has 1 aliphatic rings. The molecular weight excluding hydrogens is 545 g/mol. The molecule has 0 radical (unpaired) electrons. The highest BCUT2D eigenvalue weighted by atomic mass is 32.2. The van der Waals surface area contributed by atoms with Gasteiger partial charge in [-0.25, -0.2) is 9.07 Å². The molecule has 2 heterocycles. The lowest BCUT2D eigenvalue weighted by molar-refractivity contribution is -0.122. The van der Waals surface area contributed by atoms with Gasteiger partial charge < -0.3 is 9.47 Å². The van der Waals surface area contributed by atoms with Crippen LogP contribution in [0.5, 0.6) is 5.75 Å². The first-order valence-corrected chi connectivity index (χ1v) is 14.2. The minimum absolute atomic E-state index is 0.102. The second-order valence-corrected chi connectivity index (χ2v) is 10.7. The van der Waals surface area contributed by atoms with Crippen LogP contribution in [-0.2, 0) is 16.1 Å². The molecular formula is C31H28FN3O3S2. The maximum Gasteiger partial charge on any atom is 0.266 e. The fourth-order valence-corrected chi connectivity index (χ4v) is 5.49. The number of thiocarbonyl (C=S) groups is 1. The van der Waals surface area contributed by atoms with E-state index in [1.165, 1.54) is 23.9 Å². The highest BCUT2D eigenvalue weighted by Crippen LogP contribution is 2.35. The van der Waals surface area contributed by atoms with Crippen LogP contribution in [0.1, 0.15) is 24.5 Å². The molecule has 0 N–H and O–H groups in total. The normalized spacial score (nSPS) is 14.3. The van der Waals surface area contributed by atoms with Gasteiger partial charge in [0.1, 0.15) is 22.5 Å². The SMILES string of the molecule is CCOCCCN1C(=O)/C(=C/c2cn(-c3ccccc3)nc2-c2ccc(OCc3ccc(F)cc3)cc2)SC1=S. The van der Waals surface area contributed by atoms with Gasteiger partial charge in [-0.2, -0.15) is 5.10 Å². The average molecular weight is 574 g/mol. The van der Waals surface area contributed by atoms with Crippen molar-refractivity contribution in [2.45, 2.75) is 20.0 Å². The molecule has 0 atom stereocenters. The lowest BCUT2D eigenvalue weighted by Crippen LogP contribution is -2.29. The molecule has 40 heavy (non-hydrogen) atoms. The highest BCUT2D eigenvalue weighted by molar-refractivity contribution is 8.26. The molecule has 5 rings (SSSR count). The topological polar surface area (TPSA) is 56.6 Å². The number of para-hydroxylation sites is 1. The van der Waals surface area contributed by atoms with Crippen LogP contribution in [0.3, 0.4) is 0 Å². The zero-order valence-corrected chi connectivity index (χ0v) is 23.6. The van der Waals surface area contributed by atoms with Gasteiger partial charge in [0.25, 0.3) is 5.91 Å². The van der Waals surface area contributed by atoms with Crippen LogP contribution in [0.4, 0.5) is 4.39 Å². The highest BCUT2D eigenvalue weighted by Gasteiger charge is 2.32. The van der Waals surface area contributed by atoms with Crippen LogP contribution in [0.25, 0.3) is 23.0 Å². The second-order valence-electron chi connectivity index (χ2n) is 9.04. The molecule has 0 aliphatic carbocycles. The molecule has 3 aromatic carbocycles. The number of hydrogen-bond donors (Lipinski definition) is 0. The summed E-state index contributed by atoms with van der Waals surface area (Å²) >= 11 is 6.82. The Labute approximate surface area is 242 Å². The van der Waals surface area contributed by atoms with E-state index in [9.17, 15) is 9.18 Å². The number of aromatic nitrogens is 2. The third-order valence-electron chi connectivity index (χ3n) is 6.24. The van der Waals surface area contributed by atoms with E-state index in [0.29, 0.717) is 41.3 Å². The molecule has 204 valence electrons. The Hall–Kier alpha value is -3.79. The smallest absolute Gasteiger partial charge is 0.266 e. The van der Waals surface area contributed by atoms with Crippen LogP contribution in [0, 0.1) is 5.82 Å². The maximum atomic E-state index is 13.2. The van der Waals surface area contributed by atoms with E-state index in [1.807, 2.05) is 78.5 Å². The van der Waals surface area contributed by atoms with Crippen LogP contribution in [0.15, 0.2) is 90.0 Å². The number of benzene rings is 3. The molecule has 0 unspecified atom stereocenters. The fourth-order valence-electron chi connectivity index (χ4n) is 4.19. The lowest BCUT2D eigenvalue weighted by Gasteiger charge is -2.13. The summed E-state index contributed by atoms with van der Waals surface area (Å²) in [6, 6.07) is 23.7. The molecule has 1 amide bonds. The number of rotatable bonds is 11. The molecule has 1 saturated heterocycles. The summed E-state index contributed by atoms with van der Waals surface area (Å²) < 4.78 is 26.8. The molecule has 1 fully saturated rings. The van der Waals surface area contributed by atoms with Crippen molar-refractivity contribution in [3.05, 3.63) is 107 Å². The molecule has 1 aliphatic heterocycles. The van der Waals surface area contributed by atoms with Gasteiger partial charge in [-0.3, -0.25) is 9.69 Å². The number of hydrogen-bond acceptors (Lipinski definition) is 6. The van der Waals surface area contributed by atoms with E-state index in [-0.39, 0.29) is 11.7 Å². The van der Waals surface area contributed by atoms with E-state index < -0.39 is 0 Å². The zero-order valence-electron chi connectivity index (χ0n) is 22.0. The van der Waals surface area contributed by atoms with E-state index in [4.69, 9.17) is 26.8 Å². The summed E-state index contributed by atoms with van der Waals surface area (Å²) in [7, 11) is 0. The third-order valence-corrected chi connectivity index (χ3v) is 7.62. The molecule has 0 bridgehead atoms. The molecule has 9 heteroatoms. The Morgan fingerprint density at radius 2 is 1.77 bits per heavy atom. The van der Waals surface area contributed by atoms with Gasteiger partial charge in [-0.05, 0) is 73.5 Å². The van der Waals surface area contributed by atoms with Gasteiger partial charge in [0.2, 0.25) is 0 Å². The first kappa shape index (κ1) is 27.8. The minimum atomic E-state index is -0.275. The molecule has 0 saturated carbocycles. The van der Waals surface area contributed by atoms with Crippen molar-refractivity contribution >= 4 is 40.3 Å². The Balaban J connectivity index is 1.39. The van der Waals surface area contributed by atoms with Crippen molar-refractivity contribution in [3.63, 3.8) is 0 Å². The number of thioether (sulfide) groups is 1. The van der Waals surface area contributed by atoms with Gasteiger partial charge in [-0.1, -0.05) is 54.3 Å². The number of ether oxygens (including phenoxy) is 2. The first-order valence-electron chi connectivity index (χ1n) is 13.0. The Morgan fingerprint density at radius 3 is 2.50 bits per heavy atom. The summed E-state index contributed by atoms with van der Waals surface area (Å²) in [5, 5.41) is 4.87. The number of halogens is 1. The lowest BCUT2D eigenvalue weighted by atomic mass is 10.1. The van der Waals surface area contributed by atoms with E-state index in [1.54, 1.807) is 17.0 Å². The third kappa shape index (κ3) is 6.67. The second kappa shape index (κ2) is 13.0. The molecule has 4 aromatic rings. The van der Waals surface area contributed by atoms with Crippen molar-refractivity contribution in [2.75, 3.05) is 19.8 Å². The van der Waals surface area contributed by atoms with Crippen LogP contribution >= 0.6 is 24.0 Å². The Bertz CT molecular complexity index is 1500. The van der Waals surface area contributed by atoms with Gasteiger partial charge in [-0.15, -0.1) is 0 Å². The van der Waals surface area contributed by atoms with Crippen LogP contribution < -0.4 is 4.74 Å². The van der Waals surface area contributed by atoms with Crippen molar-refractivity contribution in [1.82, 2.24) is 14.7 Å². The predicted molar refractivity (Wildman–Crippen MR) is 161 cm³/mol. The summed E-state index contributed by atoms with van der Waals surface area (Å²) in [4.78, 5) is 15.4. The summed E-state index contributed by atoms with van der Waals surface area (Å²) in [6.45, 7) is 4.04. The summed E-state index contributed by atoms with van der Waals surface area (Å²) in [5.74, 6) is 0.308. The average Bonchev–Trinajstić information content (AvgIpc) is 3.52. The fraction of sp³-hybridized carbons (Fsp3) is 0.194. The van der Waals surface area contributed by atoms with Crippen molar-refractivity contribution in [3.8, 4) is 22.7 Å². The van der Waals surface area contributed by atoms with Crippen molar-refractivity contribution in [2.24, 2.45) is 0 Å². The van der Waals surface area contributed by atoms with E-state index in [0.717, 1.165) is 34.5 Å². The largest absolute Gasteiger partial charge is 0.489 e.